The molecule has 0 N–H and O–H groups in total. The molecule has 0 radical (unpaired) electrons. The van der Waals surface area contributed by atoms with E-state index in [9.17, 15) is 4.79 Å². The molecule has 2 aliphatic rings. The highest BCUT2D eigenvalue weighted by Gasteiger charge is 2.25. The molecule has 0 spiro atoms. The molecule has 1 aromatic carbocycles. The molecule has 3 rings (SSSR count). The number of carbonyl (C=O) groups is 1. The number of carbonyl (C=O) groups excluding carboxylic acids is 1. The smallest absolute Gasteiger partial charge is 0.320 e. The molecule has 1 aromatic rings. The van der Waals surface area contributed by atoms with Crippen molar-refractivity contribution < 1.29 is 4.79 Å². The average molecular weight is 301 g/mol. The van der Waals surface area contributed by atoms with E-state index in [1.807, 2.05) is 4.90 Å². The standard InChI is InChI=1S/C18H27N3O/c22-18(20-10-6-1-2-7-11-20)21-14-12-19(13-15-21)16-17-8-4-3-5-9-17/h3-5,8-9H,1-2,6-7,10-16H2. The summed E-state index contributed by atoms with van der Waals surface area (Å²) in [6.45, 7) is 6.58. The highest BCUT2D eigenvalue weighted by Crippen LogP contribution is 2.14. The van der Waals surface area contributed by atoms with Crippen LogP contribution in [0.5, 0.6) is 0 Å². The van der Waals surface area contributed by atoms with E-state index >= 15 is 0 Å². The van der Waals surface area contributed by atoms with Gasteiger partial charge in [0.1, 0.15) is 0 Å². The minimum Gasteiger partial charge on any atom is -0.325 e. The van der Waals surface area contributed by atoms with Crippen LogP contribution in [0.3, 0.4) is 0 Å². The summed E-state index contributed by atoms with van der Waals surface area (Å²) in [5, 5.41) is 0. The second-order valence-electron chi connectivity index (χ2n) is 6.43. The SMILES string of the molecule is O=C(N1CCCCCC1)N1CCN(Cc2ccccc2)CC1. The number of hydrogen-bond donors (Lipinski definition) is 0. The van der Waals surface area contributed by atoms with Crippen molar-refractivity contribution in [3.8, 4) is 0 Å². The first-order chi connectivity index (χ1) is 10.8. The fourth-order valence-electron chi connectivity index (χ4n) is 3.40. The number of nitrogens with zero attached hydrogens (tertiary/aromatic N) is 3. The summed E-state index contributed by atoms with van der Waals surface area (Å²) < 4.78 is 0. The molecule has 0 saturated carbocycles. The van der Waals surface area contributed by atoms with Crippen LogP contribution in [0.15, 0.2) is 30.3 Å². The third kappa shape index (κ3) is 4.01. The summed E-state index contributed by atoms with van der Waals surface area (Å²) >= 11 is 0. The van der Waals surface area contributed by atoms with Gasteiger partial charge in [0.2, 0.25) is 0 Å². The van der Waals surface area contributed by atoms with Crippen molar-refractivity contribution in [2.24, 2.45) is 0 Å². The monoisotopic (exact) mass is 301 g/mol. The average Bonchev–Trinajstić information content (AvgIpc) is 2.85. The van der Waals surface area contributed by atoms with Crippen LogP contribution in [0, 0.1) is 0 Å². The van der Waals surface area contributed by atoms with Crippen LogP contribution in [0.25, 0.3) is 0 Å². The molecular formula is C18H27N3O. The molecule has 2 saturated heterocycles. The zero-order valence-electron chi connectivity index (χ0n) is 13.4. The fourth-order valence-corrected chi connectivity index (χ4v) is 3.40. The lowest BCUT2D eigenvalue weighted by Crippen LogP contribution is -2.52. The van der Waals surface area contributed by atoms with Crippen LogP contribution in [0.2, 0.25) is 0 Å². The van der Waals surface area contributed by atoms with E-state index in [0.29, 0.717) is 0 Å². The van der Waals surface area contributed by atoms with Gasteiger partial charge in [0.05, 0.1) is 0 Å². The maximum absolute atomic E-state index is 12.6. The lowest BCUT2D eigenvalue weighted by molar-refractivity contribution is 0.110. The quantitative estimate of drug-likeness (QED) is 0.840. The molecule has 2 fully saturated rings. The highest BCUT2D eigenvalue weighted by molar-refractivity contribution is 5.74. The van der Waals surface area contributed by atoms with E-state index < -0.39 is 0 Å². The third-order valence-corrected chi connectivity index (χ3v) is 4.77. The van der Waals surface area contributed by atoms with Crippen molar-refractivity contribution >= 4 is 6.03 Å². The zero-order valence-corrected chi connectivity index (χ0v) is 13.4. The minimum atomic E-state index is 0.265. The van der Waals surface area contributed by atoms with Crippen LogP contribution < -0.4 is 0 Å². The molecule has 2 aliphatic heterocycles. The van der Waals surface area contributed by atoms with Gasteiger partial charge >= 0.3 is 6.03 Å². The Kier molecular flexibility index (Phi) is 5.33. The maximum atomic E-state index is 12.6. The molecule has 0 unspecified atom stereocenters. The number of likely N-dealkylation sites (tertiary alicyclic amines) is 1. The summed E-state index contributed by atoms with van der Waals surface area (Å²) in [4.78, 5) is 19.2. The van der Waals surface area contributed by atoms with Crippen molar-refractivity contribution in [1.29, 1.82) is 0 Å². The maximum Gasteiger partial charge on any atom is 0.320 e. The van der Waals surface area contributed by atoms with Gasteiger partial charge < -0.3 is 9.80 Å². The second-order valence-corrected chi connectivity index (χ2v) is 6.43. The van der Waals surface area contributed by atoms with Gasteiger partial charge in [0.25, 0.3) is 0 Å². The Labute approximate surface area is 133 Å². The largest absolute Gasteiger partial charge is 0.325 e. The van der Waals surface area contributed by atoms with E-state index in [2.05, 4.69) is 40.1 Å². The summed E-state index contributed by atoms with van der Waals surface area (Å²) in [6, 6.07) is 10.9. The van der Waals surface area contributed by atoms with E-state index in [1.165, 1.54) is 31.2 Å². The molecule has 0 atom stereocenters. The molecular weight excluding hydrogens is 274 g/mol. The lowest BCUT2D eigenvalue weighted by Gasteiger charge is -2.37. The van der Waals surface area contributed by atoms with Crippen molar-refractivity contribution in [1.82, 2.24) is 14.7 Å². The molecule has 0 aliphatic carbocycles. The molecule has 0 bridgehead atoms. The number of urea groups is 1. The van der Waals surface area contributed by atoms with Crippen molar-refractivity contribution in [2.75, 3.05) is 39.3 Å². The van der Waals surface area contributed by atoms with Gasteiger partial charge in [-0.2, -0.15) is 0 Å². The number of hydrogen-bond acceptors (Lipinski definition) is 2. The normalized spacial score (nSPS) is 20.7. The number of benzene rings is 1. The summed E-state index contributed by atoms with van der Waals surface area (Å²) in [6.07, 6.45) is 4.88. The van der Waals surface area contributed by atoms with Crippen LogP contribution in [0.1, 0.15) is 31.2 Å². The van der Waals surface area contributed by atoms with Gasteiger partial charge in [0, 0.05) is 45.8 Å². The lowest BCUT2D eigenvalue weighted by atomic mass is 10.2. The van der Waals surface area contributed by atoms with Crippen molar-refractivity contribution in [3.05, 3.63) is 35.9 Å². The van der Waals surface area contributed by atoms with E-state index in [4.69, 9.17) is 0 Å². The molecule has 120 valence electrons. The Balaban J connectivity index is 1.47. The van der Waals surface area contributed by atoms with Crippen LogP contribution >= 0.6 is 0 Å². The van der Waals surface area contributed by atoms with Crippen molar-refractivity contribution in [3.63, 3.8) is 0 Å². The van der Waals surface area contributed by atoms with E-state index in [1.54, 1.807) is 0 Å². The predicted molar refractivity (Wildman–Crippen MR) is 88.7 cm³/mol. The van der Waals surface area contributed by atoms with Gasteiger partial charge in [-0.15, -0.1) is 0 Å². The van der Waals surface area contributed by atoms with Crippen molar-refractivity contribution in [2.45, 2.75) is 32.2 Å². The Hall–Kier alpha value is -1.55. The number of rotatable bonds is 2. The Morgan fingerprint density at radius 1 is 0.773 bits per heavy atom. The molecule has 2 heterocycles. The Morgan fingerprint density at radius 2 is 1.36 bits per heavy atom. The number of piperazine rings is 1. The topological polar surface area (TPSA) is 26.8 Å². The first kappa shape index (κ1) is 15.3. The minimum absolute atomic E-state index is 0.265. The fraction of sp³-hybridized carbons (Fsp3) is 0.611. The van der Waals surface area contributed by atoms with Gasteiger partial charge in [-0.1, -0.05) is 43.2 Å². The Bertz CT molecular complexity index is 460. The van der Waals surface area contributed by atoms with E-state index in [-0.39, 0.29) is 6.03 Å². The molecule has 4 nitrogen and oxygen atoms in total. The van der Waals surface area contributed by atoms with Gasteiger partial charge in [0.15, 0.2) is 0 Å². The van der Waals surface area contributed by atoms with Gasteiger partial charge in [-0.25, -0.2) is 4.79 Å². The molecule has 4 heteroatoms. The van der Waals surface area contributed by atoms with Crippen LogP contribution in [-0.4, -0.2) is 60.0 Å². The van der Waals surface area contributed by atoms with Crippen LogP contribution in [0.4, 0.5) is 4.79 Å². The summed E-state index contributed by atoms with van der Waals surface area (Å²) in [7, 11) is 0. The Morgan fingerprint density at radius 3 is 2.00 bits per heavy atom. The van der Waals surface area contributed by atoms with E-state index in [0.717, 1.165) is 45.8 Å². The molecule has 2 amide bonds. The molecule has 0 aromatic heterocycles. The second kappa shape index (κ2) is 7.63. The zero-order chi connectivity index (χ0) is 15.2. The number of amides is 2. The highest BCUT2D eigenvalue weighted by atomic mass is 16.2. The van der Waals surface area contributed by atoms with Gasteiger partial charge in [-0.3, -0.25) is 4.90 Å². The van der Waals surface area contributed by atoms with Crippen LogP contribution in [-0.2, 0) is 6.54 Å². The summed E-state index contributed by atoms with van der Waals surface area (Å²) in [5.41, 5.74) is 1.36. The summed E-state index contributed by atoms with van der Waals surface area (Å²) in [5.74, 6) is 0. The first-order valence-electron chi connectivity index (χ1n) is 8.63. The predicted octanol–water partition coefficient (Wildman–Crippen LogP) is 2.80. The third-order valence-electron chi connectivity index (χ3n) is 4.77. The van der Waals surface area contributed by atoms with Gasteiger partial charge in [-0.05, 0) is 18.4 Å². The molecule has 22 heavy (non-hydrogen) atoms. The first-order valence-corrected chi connectivity index (χ1v) is 8.63.